The lowest BCUT2D eigenvalue weighted by Gasteiger charge is -2.53. The second kappa shape index (κ2) is 7.74. The number of nitrogens with one attached hydrogen (secondary N) is 2. The minimum Gasteiger partial charge on any atom is -0.337 e. The van der Waals surface area contributed by atoms with Gasteiger partial charge in [0, 0.05) is 51.2 Å². The van der Waals surface area contributed by atoms with E-state index in [1.54, 1.807) is 12.3 Å². The van der Waals surface area contributed by atoms with Gasteiger partial charge in [-0.3, -0.25) is 14.4 Å². The summed E-state index contributed by atoms with van der Waals surface area (Å²) in [6, 6.07) is 7.25. The zero-order chi connectivity index (χ0) is 19.7. The van der Waals surface area contributed by atoms with Gasteiger partial charge in [-0.25, -0.2) is 9.37 Å². The second-order valence-electron chi connectivity index (χ2n) is 7.88. The number of nitrogens with zero attached hydrogens (tertiary/aromatic N) is 4. The number of rotatable bonds is 4. The molecule has 0 spiro atoms. The van der Waals surface area contributed by atoms with Crippen molar-refractivity contribution in [2.24, 2.45) is 0 Å². The number of imidazole rings is 1. The molecular formula is C22H27FN6. The minimum absolute atomic E-state index is 0.167. The molecule has 1 aromatic heterocycles. The molecule has 5 rings (SSSR count). The van der Waals surface area contributed by atoms with Gasteiger partial charge in [-0.05, 0) is 42.7 Å². The van der Waals surface area contributed by atoms with Crippen LogP contribution in [0.2, 0.25) is 0 Å². The summed E-state index contributed by atoms with van der Waals surface area (Å²) in [5.74, 6) is 0.370. The maximum absolute atomic E-state index is 14.0. The number of dihydropyridines is 1. The number of halogens is 1. The van der Waals surface area contributed by atoms with E-state index in [-0.39, 0.29) is 11.9 Å². The summed E-state index contributed by atoms with van der Waals surface area (Å²) < 4.78 is 16.0. The van der Waals surface area contributed by atoms with Crippen LogP contribution in [0.25, 0.3) is 5.82 Å². The molecule has 2 saturated heterocycles. The zero-order valence-electron chi connectivity index (χ0n) is 16.5. The first-order chi connectivity index (χ1) is 14.3. The summed E-state index contributed by atoms with van der Waals surface area (Å²) in [7, 11) is 0. The SMILES string of the molecule is Fc1cccc(C2CCCN2[C@]2(N3CCNCC3)C=CC=C(n3ccnc3)N2)c1. The van der Waals surface area contributed by atoms with E-state index in [4.69, 9.17) is 0 Å². The third-order valence-corrected chi connectivity index (χ3v) is 6.20. The number of aromatic nitrogens is 2. The van der Waals surface area contributed by atoms with Crippen LogP contribution in [0.1, 0.15) is 24.4 Å². The zero-order valence-corrected chi connectivity index (χ0v) is 16.5. The number of benzene rings is 1. The van der Waals surface area contributed by atoms with Crippen LogP contribution in [0.5, 0.6) is 0 Å². The van der Waals surface area contributed by atoms with E-state index in [0.717, 1.165) is 56.9 Å². The third kappa shape index (κ3) is 3.39. The highest BCUT2D eigenvalue weighted by molar-refractivity contribution is 5.51. The van der Waals surface area contributed by atoms with E-state index in [0.29, 0.717) is 0 Å². The Bertz CT molecular complexity index is 902. The fourth-order valence-corrected chi connectivity index (χ4v) is 4.87. The van der Waals surface area contributed by atoms with Crippen molar-refractivity contribution in [2.45, 2.75) is 24.7 Å². The number of hydrogen-bond donors (Lipinski definition) is 2. The molecule has 0 saturated carbocycles. The molecule has 7 heteroatoms. The summed E-state index contributed by atoms with van der Waals surface area (Å²) in [5.41, 5.74) is 1.05. The molecule has 2 atom stereocenters. The van der Waals surface area contributed by atoms with E-state index < -0.39 is 5.79 Å². The third-order valence-electron chi connectivity index (χ3n) is 6.20. The highest BCUT2D eigenvalue weighted by Gasteiger charge is 2.47. The van der Waals surface area contributed by atoms with Crippen molar-refractivity contribution in [1.29, 1.82) is 0 Å². The van der Waals surface area contributed by atoms with Crippen LogP contribution in [0.4, 0.5) is 4.39 Å². The van der Waals surface area contributed by atoms with E-state index >= 15 is 0 Å². The predicted octanol–water partition coefficient (Wildman–Crippen LogP) is 2.38. The molecule has 2 aromatic rings. The van der Waals surface area contributed by atoms with Crippen molar-refractivity contribution in [2.75, 3.05) is 32.7 Å². The fourth-order valence-electron chi connectivity index (χ4n) is 4.87. The summed E-state index contributed by atoms with van der Waals surface area (Å²) in [6.07, 6.45) is 14.1. The minimum atomic E-state index is -0.454. The summed E-state index contributed by atoms with van der Waals surface area (Å²) >= 11 is 0. The van der Waals surface area contributed by atoms with Gasteiger partial charge in [0.2, 0.25) is 0 Å². The number of likely N-dealkylation sites (tertiary alicyclic amines) is 1. The first-order valence-electron chi connectivity index (χ1n) is 10.4. The lowest BCUT2D eigenvalue weighted by molar-refractivity contribution is -0.0531. The standard InChI is InChI=1S/C22H27FN6/c23-19-5-1-4-18(16-19)20-6-3-12-29(20)22(28-14-10-24-11-15-28)8-2-7-21(26-22)27-13-9-25-17-27/h1-2,4-5,7-9,13,16-17,20,24,26H,3,6,10-12,14-15H2/t20?,22-/m1/s1. The van der Waals surface area contributed by atoms with Crippen molar-refractivity contribution in [3.8, 4) is 0 Å². The average molecular weight is 394 g/mol. The van der Waals surface area contributed by atoms with E-state index in [2.05, 4.69) is 49.7 Å². The van der Waals surface area contributed by atoms with Gasteiger partial charge in [-0.15, -0.1) is 0 Å². The van der Waals surface area contributed by atoms with Crippen LogP contribution >= 0.6 is 0 Å². The van der Waals surface area contributed by atoms with Crippen molar-refractivity contribution >= 4 is 5.82 Å². The molecule has 0 radical (unpaired) electrons. The smallest absolute Gasteiger partial charge is 0.170 e. The van der Waals surface area contributed by atoms with Gasteiger partial charge < -0.3 is 10.6 Å². The lowest BCUT2D eigenvalue weighted by Crippen LogP contribution is -2.70. The Morgan fingerprint density at radius 3 is 2.86 bits per heavy atom. The van der Waals surface area contributed by atoms with Crippen LogP contribution in [0.15, 0.2) is 61.2 Å². The van der Waals surface area contributed by atoms with E-state index in [1.807, 2.05) is 23.2 Å². The van der Waals surface area contributed by atoms with Crippen molar-refractivity contribution in [3.63, 3.8) is 0 Å². The van der Waals surface area contributed by atoms with Gasteiger partial charge in [0.05, 0.1) is 0 Å². The highest BCUT2D eigenvalue weighted by Crippen LogP contribution is 2.40. The fraction of sp³-hybridized carbons (Fsp3) is 0.409. The molecule has 1 unspecified atom stereocenters. The average Bonchev–Trinajstić information content (AvgIpc) is 3.47. The van der Waals surface area contributed by atoms with Gasteiger partial charge in [0.1, 0.15) is 18.0 Å². The quantitative estimate of drug-likeness (QED) is 0.834. The molecular weight excluding hydrogens is 367 g/mol. The van der Waals surface area contributed by atoms with Gasteiger partial charge >= 0.3 is 0 Å². The van der Waals surface area contributed by atoms with Gasteiger partial charge in [0.15, 0.2) is 5.79 Å². The molecule has 152 valence electrons. The van der Waals surface area contributed by atoms with E-state index in [9.17, 15) is 4.39 Å². The molecule has 29 heavy (non-hydrogen) atoms. The highest BCUT2D eigenvalue weighted by atomic mass is 19.1. The molecule has 3 aliphatic heterocycles. The number of allylic oxidation sites excluding steroid dienone is 2. The lowest BCUT2D eigenvalue weighted by atomic mass is 10.0. The summed E-state index contributed by atoms with van der Waals surface area (Å²) in [6.45, 7) is 4.77. The molecule has 2 fully saturated rings. The molecule has 2 N–H and O–H groups in total. The maximum Gasteiger partial charge on any atom is 0.170 e. The second-order valence-corrected chi connectivity index (χ2v) is 7.88. The predicted molar refractivity (Wildman–Crippen MR) is 111 cm³/mol. The van der Waals surface area contributed by atoms with Crippen molar-refractivity contribution < 1.29 is 4.39 Å². The Morgan fingerprint density at radius 2 is 2.07 bits per heavy atom. The Labute approximate surface area is 170 Å². The molecule has 4 heterocycles. The Hall–Kier alpha value is -2.48. The van der Waals surface area contributed by atoms with Crippen LogP contribution in [-0.4, -0.2) is 57.9 Å². The topological polar surface area (TPSA) is 48.4 Å². The Balaban J connectivity index is 1.54. The van der Waals surface area contributed by atoms with Gasteiger partial charge in [0.25, 0.3) is 0 Å². The molecule has 0 aliphatic carbocycles. The van der Waals surface area contributed by atoms with Crippen LogP contribution in [0.3, 0.4) is 0 Å². The van der Waals surface area contributed by atoms with Crippen molar-refractivity contribution in [1.82, 2.24) is 30.0 Å². The van der Waals surface area contributed by atoms with Crippen LogP contribution in [-0.2, 0) is 0 Å². The maximum atomic E-state index is 14.0. The first kappa shape index (κ1) is 18.5. The first-order valence-corrected chi connectivity index (χ1v) is 10.4. The molecule has 3 aliphatic rings. The summed E-state index contributed by atoms with van der Waals surface area (Å²) in [5, 5.41) is 7.28. The number of piperazine rings is 1. The van der Waals surface area contributed by atoms with Crippen molar-refractivity contribution in [3.05, 3.63) is 72.6 Å². The molecule has 0 bridgehead atoms. The van der Waals surface area contributed by atoms with Gasteiger partial charge in [-0.2, -0.15) is 0 Å². The van der Waals surface area contributed by atoms with Gasteiger partial charge in [-0.1, -0.05) is 18.2 Å². The monoisotopic (exact) mass is 394 g/mol. The molecule has 6 nitrogen and oxygen atoms in total. The van der Waals surface area contributed by atoms with Crippen LogP contribution < -0.4 is 10.6 Å². The largest absolute Gasteiger partial charge is 0.337 e. The van der Waals surface area contributed by atoms with Crippen LogP contribution in [0, 0.1) is 5.82 Å². The number of hydrogen-bond acceptors (Lipinski definition) is 5. The van der Waals surface area contributed by atoms with E-state index in [1.165, 1.54) is 6.07 Å². The molecule has 1 aromatic carbocycles. The molecule has 0 amide bonds. The summed E-state index contributed by atoms with van der Waals surface area (Å²) in [4.78, 5) is 9.22. The normalized spacial score (nSPS) is 28.3. The Kier molecular flexibility index (Phi) is 4.95. The Morgan fingerprint density at radius 1 is 1.17 bits per heavy atom.